The Balaban J connectivity index is 2.06. The number of halogens is 1. The van der Waals surface area contributed by atoms with Gasteiger partial charge in [-0.15, -0.1) is 0 Å². The van der Waals surface area contributed by atoms with E-state index in [1.807, 2.05) is 6.07 Å². The van der Waals surface area contributed by atoms with E-state index in [1.165, 1.54) is 10.6 Å². The fourth-order valence-corrected chi connectivity index (χ4v) is 5.57. The summed E-state index contributed by atoms with van der Waals surface area (Å²) in [6.45, 7) is 14.6. The van der Waals surface area contributed by atoms with Crippen LogP contribution in [0.25, 0.3) is 0 Å². The first kappa shape index (κ1) is 26.9. The fourth-order valence-electron chi connectivity index (χ4n) is 3.71. The Hall–Kier alpha value is -1.65. The second kappa shape index (κ2) is 9.09. The van der Waals surface area contributed by atoms with Crippen molar-refractivity contribution in [2.24, 2.45) is 0 Å². The Morgan fingerprint density at radius 3 is 2.38 bits per heavy atom. The van der Waals surface area contributed by atoms with Gasteiger partial charge in [-0.2, -0.15) is 8.42 Å². The van der Waals surface area contributed by atoms with Crippen molar-refractivity contribution in [1.82, 2.24) is 4.57 Å². The monoisotopic (exact) mass is 527 g/mol. The van der Waals surface area contributed by atoms with Gasteiger partial charge in [-0.05, 0) is 61.8 Å². The summed E-state index contributed by atoms with van der Waals surface area (Å²) in [6.07, 6.45) is 1.64. The van der Waals surface area contributed by atoms with Crippen LogP contribution in [0.5, 0.6) is 5.75 Å². The van der Waals surface area contributed by atoms with Gasteiger partial charge in [-0.1, -0.05) is 32.4 Å². The molecule has 34 heavy (non-hydrogen) atoms. The maximum absolute atomic E-state index is 13.3. The number of pyridine rings is 1. The van der Waals surface area contributed by atoms with Crippen LogP contribution in [-0.2, 0) is 25.3 Å². The second-order valence-corrected chi connectivity index (χ2v) is 17.7. The van der Waals surface area contributed by atoms with Gasteiger partial charge in [0.2, 0.25) is 0 Å². The van der Waals surface area contributed by atoms with Gasteiger partial charge >= 0.3 is 0 Å². The molecule has 188 valence electrons. The lowest BCUT2D eigenvalue weighted by Gasteiger charge is -2.44. The van der Waals surface area contributed by atoms with Crippen molar-refractivity contribution in [2.45, 2.75) is 77.1 Å². The number of hydrogen-bond acceptors (Lipinski definition) is 6. The molecule has 1 aromatic carbocycles. The fraction of sp³-hybridized carbons (Fsp3) is 0.542. The Morgan fingerprint density at radius 2 is 1.82 bits per heavy atom. The third-order valence-electron chi connectivity index (χ3n) is 6.63. The SMILES string of the molecule is CC1(C)Oc2ccc(Cl)cc2[C@@H](n2ccc(CO[Si](C)(C)C(C)(C)C)cc2=O)[C@@H]1OS(C)(=O)=O. The minimum atomic E-state index is -3.85. The topological polar surface area (TPSA) is 83.8 Å². The van der Waals surface area contributed by atoms with E-state index in [-0.39, 0.29) is 10.6 Å². The number of nitrogens with zero attached hydrogens (tertiary/aromatic N) is 1. The van der Waals surface area contributed by atoms with Crippen molar-refractivity contribution < 1.29 is 21.8 Å². The minimum absolute atomic E-state index is 0.0504. The van der Waals surface area contributed by atoms with Gasteiger partial charge in [0.15, 0.2) is 8.32 Å². The summed E-state index contributed by atoms with van der Waals surface area (Å²) in [6, 6.07) is 7.66. The molecule has 0 saturated heterocycles. The van der Waals surface area contributed by atoms with Gasteiger partial charge in [-0.25, -0.2) is 0 Å². The maximum Gasteiger partial charge on any atom is 0.264 e. The molecule has 2 aromatic rings. The average molecular weight is 528 g/mol. The number of ether oxygens (including phenoxy) is 1. The summed E-state index contributed by atoms with van der Waals surface area (Å²) in [5.41, 5.74) is -0.0119. The molecule has 0 saturated carbocycles. The summed E-state index contributed by atoms with van der Waals surface area (Å²) in [4.78, 5) is 13.3. The van der Waals surface area contributed by atoms with Crippen LogP contribution in [0.4, 0.5) is 0 Å². The lowest BCUT2D eigenvalue weighted by atomic mass is 9.86. The van der Waals surface area contributed by atoms with E-state index < -0.39 is 36.2 Å². The molecule has 0 fully saturated rings. The van der Waals surface area contributed by atoms with Gasteiger partial charge in [0, 0.05) is 22.8 Å². The summed E-state index contributed by atoms with van der Waals surface area (Å²) < 4.78 is 43.6. The van der Waals surface area contributed by atoms with Crippen molar-refractivity contribution in [3.63, 3.8) is 0 Å². The van der Waals surface area contributed by atoms with E-state index in [9.17, 15) is 13.2 Å². The molecule has 3 rings (SSSR count). The Morgan fingerprint density at radius 1 is 1.18 bits per heavy atom. The largest absolute Gasteiger partial charge is 0.485 e. The van der Waals surface area contributed by atoms with Crippen LogP contribution in [0.3, 0.4) is 0 Å². The van der Waals surface area contributed by atoms with E-state index in [4.69, 9.17) is 24.9 Å². The zero-order valence-corrected chi connectivity index (χ0v) is 23.6. The van der Waals surface area contributed by atoms with Gasteiger partial charge in [0.25, 0.3) is 15.7 Å². The highest BCUT2D eigenvalue weighted by molar-refractivity contribution is 7.86. The molecular formula is C24H34ClNO6SSi. The predicted molar refractivity (Wildman–Crippen MR) is 137 cm³/mol. The lowest BCUT2D eigenvalue weighted by Crippen LogP contribution is -2.54. The molecule has 1 aliphatic rings. The van der Waals surface area contributed by atoms with Crippen LogP contribution >= 0.6 is 11.6 Å². The summed E-state index contributed by atoms with van der Waals surface area (Å²) >= 11 is 6.25. The van der Waals surface area contributed by atoms with Crippen LogP contribution in [0.1, 0.15) is 51.8 Å². The molecule has 0 unspecified atom stereocenters. The van der Waals surface area contributed by atoms with Crippen molar-refractivity contribution in [3.05, 3.63) is 63.0 Å². The number of rotatable bonds is 6. The van der Waals surface area contributed by atoms with Crippen LogP contribution in [0.15, 0.2) is 41.3 Å². The minimum Gasteiger partial charge on any atom is -0.485 e. The lowest BCUT2D eigenvalue weighted by molar-refractivity contribution is -0.0463. The Kier molecular flexibility index (Phi) is 7.21. The van der Waals surface area contributed by atoms with Crippen LogP contribution < -0.4 is 10.3 Å². The highest BCUT2D eigenvalue weighted by Crippen LogP contribution is 2.44. The van der Waals surface area contributed by atoms with Gasteiger partial charge in [0.05, 0.1) is 18.9 Å². The maximum atomic E-state index is 13.3. The third-order valence-corrected chi connectivity index (χ3v) is 11.9. The zero-order chi connectivity index (χ0) is 25.7. The first-order valence-corrected chi connectivity index (χ1v) is 16.2. The van der Waals surface area contributed by atoms with E-state index in [0.29, 0.717) is 22.9 Å². The first-order valence-electron chi connectivity index (χ1n) is 11.1. The molecule has 2 heterocycles. The average Bonchev–Trinajstić information content (AvgIpc) is 2.66. The van der Waals surface area contributed by atoms with Crippen molar-refractivity contribution in [3.8, 4) is 5.75 Å². The smallest absolute Gasteiger partial charge is 0.264 e. The van der Waals surface area contributed by atoms with E-state index in [2.05, 4.69) is 33.9 Å². The molecular weight excluding hydrogens is 494 g/mol. The van der Waals surface area contributed by atoms with Gasteiger partial charge < -0.3 is 13.7 Å². The Bertz CT molecular complexity index is 1230. The summed E-state index contributed by atoms with van der Waals surface area (Å²) in [7, 11) is -5.84. The standard InChI is InChI=1S/C24H34ClNO6SSi/c1-23(2,3)34(7,8)30-15-16-11-12-26(20(27)13-16)21-18-14-17(25)9-10-19(18)31-24(4,5)22(21)32-33(6,28)29/h9-14,21-22H,15H2,1-8H3/t21-,22+/m1/s1. The molecule has 0 spiro atoms. The van der Waals surface area contributed by atoms with E-state index in [0.717, 1.165) is 11.8 Å². The molecule has 1 aliphatic heterocycles. The number of fused-ring (bicyclic) bond motifs is 1. The van der Waals surface area contributed by atoms with Gasteiger partial charge in [-0.3, -0.25) is 8.98 Å². The quantitative estimate of drug-likeness (QED) is 0.382. The molecule has 1 aromatic heterocycles. The molecule has 0 aliphatic carbocycles. The molecule has 0 bridgehead atoms. The predicted octanol–water partition coefficient (Wildman–Crippen LogP) is 5.13. The zero-order valence-electron chi connectivity index (χ0n) is 21.0. The van der Waals surface area contributed by atoms with Crippen LogP contribution in [-0.4, -0.2) is 39.3 Å². The summed E-state index contributed by atoms with van der Waals surface area (Å²) in [5, 5.41) is 0.493. The van der Waals surface area contributed by atoms with Crippen LogP contribution in [0.2, 0.25) is 23.2 Å². The molecule has 2 atom stereocenters. The normalized spacial score (nSPS) is 20.5. The van der Waals surface area contributed by atoms with Crippen molar-refractivity contribution in [2.75, 3.05) is 6.26 Å². The summed E-state index contributed by atoms with van der Waals surface area (Å²) in [5.74, 6) is 0.519. The molecule has 0 N–H and O–H groups in total. The molecule has 0 amide bonds. The third kappa shape index (κ3) is 5.76. The van der Waals surface area contributed by atoms with Crippen molar-refractivity contribution in [1.29, 1.82) is 0 Å². The molecule has 7 nitrogen and oxygen atoms in total. The highest BCUT2D eigenvalue weighted by Gasteiger charge is 2.48. The van der Waals surface area contributed by atoms with E-state index >= 15 is 0 Å². The highest BCUT2D eigenvalue weighted by atomic mass is 35.5. The first-order chi connectivity index (χ1) is 15.4. The number of hydrogen-bond donors (Lipinski definition) is 0. The number of benzene rings is 1. The van der Waals surface area contributed by atoms with Crippen LogP contribution in [0, 0.1) is 0 Å². The number of aromatic nitrogens is 1. The van der Waals surface area contributed by atoms with Gasteiger partial charge in [0.1, 0.15) is 17.5 Å². The second-order valence-electron chi connectivity index (χ2n) is 10.9. The Labute approximate surface area is 208 Å². The van der Waals surface area contributed by atoms with Crippen molar-refractivity contribution >= 4 is 30.0 Å². The molecule has 10 heteroatoms. The van der Waals surface area contributed by atoms with E-state index in [1.54, 1.807) is 38.2 Å². The molecule has 0 radical (unpaired) electrons.